The smallest absolute Gasteiger partial charge is 0.243 e. The van der Waals surface area contributed by atoms with Crippen LogP contribution in [0.25, 0.3) is 0 Å². The lowest BCUT2D eigenvalue weighted by atomic mass is 9.65. The molecule has 0 aromatic heterocycles. The van der Waals surface area contributed by atoms with E-state index in [0.29, 0.717) is 12.1 Å². The van der Waals surface area contributed by atoms with Crippen LogP contribution >= 0.6 is 23.2 Å². The van der Waals surface area contributed by atoms with Gasteiger partial charge in [-0.25, -0.2) is 13.1 Å². The van der Waals surface area contributed by atoms with Gasteiger partial charge in [0.15, 0.2) is 0 Å². The molecule has 4 N–H and O–H groups in total. The van der Waals surface area contributed by atoms with Crippen LogP contribution in [0.5, 0.6) is 0 Å². The minimum Gasteiger partial charge on any atom is -0.399 e. The summed E-state index contributed by atoms with van der Waals surface area (Å²) in [5.74, 6) is 0. The third kappa shape index (κ3) is 2.63. The topological polar surface area (TPSA) is 92.4 Å². The Kier molecular flexibility index (Phi) is 3.99. The maximum Gasteiger partial charge on any atom is 0.243 e. The third-order valence-corrected chi connectivity index (χ3v) is 6.20. The maximum atomic E-state index is 12.4. The molecule has 0 heterocycles. The Morgan fingerprint density at radius 2 is 1.85 bits per heavy atom. The van der Waals surface area contributed by atoms with Gasteiger partial charge in [0.05, 0.1) is 16.1 Å². The standard InChI is InChI=1S/C12H16Cl2N2O3S/c1-12(2)9(5-10(12)17)16-20(18,19)11-7(13)3-6(15)4-8(11)14/h3-4,9-10,16-17H,5,15H2,1-2H3. The molecule has 1 aromatic carbocycles. The van der Waals surface area contributed by atoms with Crippen LogP contribution in [0.3, 0.4) is 0 Å². The molecule has 1 aliphatic rings. The van der Waals surface area contributed by atoms with Gasteiger partial charge in [-0.15, -0.1) is 0 Å². The minimum absolute atomic E-state index is 0.0276. The Morgan fingerprint density at radius 1 is 1.35 bits per heavy atom. The van der Waals surface area contributed by atoms with Crippen molar-refractivity contribution in [3.8, 4) is 0 Å². The number of nitrogens with two attached hydrogens (primary N) is 1. The number of halogens is 2. The lowest BCUT2D eigenvalue weighted by Crippen LogP contribution is -2.61. The van der Waals surface area contributed by atoms with Crippen LogP contribution in [-0.4, -0.2) is 25.7 Å². The van der Waals surface area contributed by atoms with E-state index in [1.54, 1.807) is 13.8 Å². The zero-order chi connectivity index (χ0) is 15.3. The van der Waals surface area contributed by atoms with Crippen molar-refractivity contribution >= 4 is 38.9 Å². The highest BCUT2D eigenvalue weighted by Crippen LogP contribution is 2.42. The first-order valence-electron chi connectivity index (χ1n) is 6.00. The van der Waals surface area contributed by atoms with Crippen molar-refractivity contribution < 1.29 is 13.5 Å². The number of nitrogen functional groups attached to an aromatic ring is 1. The fourth-order valence-corrected chi connectivity index (χ4v) is 4.82. The van der Waals surface area contributed by atoms with Crippen LogP contribution < -0.4 is 10.5 Å². The minimum atomic E-state index is -3.87. The Hall–Kier alpha value is -0.530. The summed E-state index contributed by atoms with van der Waals surface area (Å²) in [5.41, 5.74) is 5.32. The zero-order valence-corrected chi connectivity index (χ0v) is 13.4. The highest BCUT2D eigenvalue weighted by molar-refractivity contribution is 7.89. The third-order valence-electron chi connectivity index (χ3n) is 3.80. The summed E-state index contributed by atoms with van der Waals surface area (Å²) in [5, 5.41) is 9.60. The van der Waals surface area contributed by atoms with Gasteiger partial charge in [0, 0.05) is 17.1 Å². The highest BCUT2D eigenvalue weighted by atomic mass is 35.5. The number of aliphatic hydroxyl groups excluding tert-OH is 1. The van der Waals surface area contributed by atoms with Gasteiger partial charge < -0.3 is 10.8 Å². The van der Waals surface area contributed by atoms with Gasteiger partial charge in [-0.3, -0.25) is 0 Å². The van der Waals surface area contributed by atoms with E-state index in [2.05, 4.69) is 4.72 Å². The molecule has 0 bridgehead atoms. The molecule has 112 valence electrons. The van der Waals surface area contributed by atoms with Gasteiger partial charge in [-0.05, 0) is 18.6 Å². The van der Waals surface area contributed by atoms with E-state index in [-0.39, 0.29) is 21.0 Å². The summed E-state index contributed by atoms with van der Waals surface area (Å²) in [6.45, 7) is 3.58. The van der Waals surface area contributed by atoms with E-state index in [9.17, 15) is 13.5 Å². The Labute approximate surface area is 128 Å². The zero-order valence-electron chi connectivity index (χ0n) is 11.0. The van der Waals surface area contributed by atoms with Gasteiger partial charge in [0.1, 0.15) is 4.90 Å². The van der Waals surface area contributed by atoms with Crippen LogP contribution in [0.2, 0.25) is 10.0 Å². The Bertz CT molecular complexity index is 623. The Balaban J connectivity index is 2.33. The summed E-state index contributed by atoms with van der Waals surface area (Å²) in [6, 6.07) is 2.30. The Morgan fingerprint density at radius 3 is 2.25 bits per heavy atom. The van der Waals surface area contributed by atoms with Crippen molar-refractivity contribution in [1.82, 2.24) is 4.72 Å². The molecule has 20 heavy (non-hydrogen) atoms. The maximum absolute atomic E-state index is 12.4. The number of nitrogens with one attached hydrogen (secondary N) is 1. The van der Waals surface area contributed by atoms with Crippen LogP contribution in [-0.2, 0) is 10.0 Å². The van der Waals surface area contributed by atoms with Gasteiger partial charge >= 0.3 is 0 Å². The molecule has 1 saturated carbocycles. The molecule has 2 rings (SSSR count). The van der Waals surface area contributed by atoms with Crippen LogP contribution in [0.15, 0.2) is 17.0 Å². The van der Waals surface area contributed by atoms with E-state index in [4.69, 9.17) is 28.9 Å². The van der Waals surface area contributed by atoms with Crippen molar-refractivity contribution in [2.75, 3.05) is 5.73 Å². The van der Waals surface area contributed by atoms with E-state index in [1.165, 1.54) is 12.1 Å². The van der Waals surface area contributed by atoms with Crippen molar-refractivity contribution in [3.63, 3.8) is 0 Å². The number of anilines is 1. The number of benzene rings is 1. The predicted molar refractivity (Wildman–Crippen MR) is 79.4 cm³/mol. The second-order valence-corrected chi connectivity index (χ2v) is 8.03. The van der Waals surface area contributed by atoms with E-state index < -0.39 is 21.5 Å². The SMILES string of the molecule is CC1(C)C(O)CC1NS(=O)(=O)c1c(Cl)cc(N)cc1Cl. The van der Waals surface area contributed by atoms with Crippen molar-refractivity contribution in [2.24, 2.45) is 5.41 Å². The number of hydrogen-bond donors (Lipinski definition) is 3. The van der Waals surface area contributed by atoms with E-state index in [1.807, 2.05) is 0 Å². The van der Waals surface area contributed by atoms with Crippen LogP contribution in [0, 0.1) is 5.41 Å². The van der Waals surface area contributed by atoms with Gasteiger partial charge in [0.25, 0.3) is 0 Å². The van der Waals surface area contributed by atoms with E-state index in [0.717, 1.165) is 0 Å². The first-order chi connectivity index (χ1) is 9.05. The lowest BCUT2D eigenvalue weighted by Gasteiger charge is -2.49. The number of rotatable bonds is 3. The average molecular weight is 339 g/mol. The molecular weight excluding hydrogens is 323 g/mol. The normalized spacial score (nSPS) is 25.2. The molecule has 8 heteroatoms. The number of aliphatic hydroxyl groups is 1. The van der Waals surface area contributed by atoms with Crippen molar-refractivity contribution in [2.45, 2.75) is 37.3 Å². The summed E-state index contributed by atoms with van der Waals surface area (Å²) in [4.78, 5) is -0.188. The van der Waals surface area contributed by atoms with E-state index >= 15 is 0 Å². The summed E-state index contributed by atoms with van der Waals surface area (Å²) >= 11 is 11.9. The molecule has 0 aliphatic heterocycles. The molecule has 2 atom stereocenters. The average Bonchev–Trinajstić information content (AvgIpc) is 2.26. The first-order valence-corrected chi connectivity index (χ1v) is 8.24. The molecule has 1 aliphatic carbocycles. The molecule has 1 fully saturated rings. The fraction of sp³-hybridized carbons (Fsp3) is 0.500. The van der Waals surface area contributed by atoms with Gasteiger partial charge in [0.2, 0.25) is 10.0 Å². The largest absolute Gasteiger partial charge is 0.399 e. The molecule has 5 nitrogen and oxygen atoms in total. The van der Waals surface area contributed by atoms with Crippen LogP contribution in [0.1, 0.15) is 20.3 Å². The molecule has 2 unspecified atom stereocenters. The molecule has 0 saturated heterocycles. The van der Waals surface area contributed by atoms with Crippen molar-refractivity contribution in [1.29, 1.82) is 0 Å². The molecule has 0 spiro atoms. The van der Waals surface area contributed by atoms with Crippen LogP contribution in [0.4, 0.5) is 5.69 Å². The van der Waals surface area contributed by atoms with Gasteiger partial charge in [-0.2, -0.15) is 0 Å². The fourth-order valence-electron chi connectivity index (χ4n) is 2.18. The highest BCUT2D eigenvalue weighted by Gasteiger charge is 2.49. The number of hydrogen-bond acceptors (Lipinski definition) is 4. The summed E-state index contributed by atoms with van der Waals surface area (Å²) in [6.07, 6.45) is -0.177. The quantitative estimate of drug-likeness (QED) is 0.735. The molecule has 0 amide bonds. The summed E-state index contributed by atoms with van der Waals surface area (Å²) in [7, 11) is -3.87. The lowest BCUT2D eigenvalue weighted by molar-refractivity contribution is -0.0645. The molecule has 1 aromatic rings. The second kappa shape index (κ2) is 5.03. The summed E-state index contributed by atoms with van der Waals surface area (Å²) < 4.78 is 27.3. The van der Waals surface area contributed by atoms with Crippen molar-refractivity contribution in [3.05, 3.63) is 22.2 Å². The van der Waals surface area contributed by atoms with Gasteiger partial charge in [-0.1, -0.05) is 37.0 Å². The predicted octanol–water partition coefficient (Wildman–Crippen LogP) is 2.01. The number of sulfonamides is 1. The second-order valence-electron chi connectivity index (χ2n) is 5.56. The monoisotopic (exact) mass is 338 g/mol. The molecule has 0 radical (unpaired) electrons. The molecular formula is C12H16Cl2N2O3S. The first kappa shape index (κ1) is 15.9.